The third-order valence-corrected chi connectivity index (χ3v) is 3.26. The van der Waals surface area contributed by atoms with E-state index in [9.17, 15) is 4.79 Å². The van der Waals surface area contributed by atoms with E-state index in [-0.39, 0.29) is 16.5 Å². The van der Waals surface area contributed by atoms with E-state index in [1.165, 1.54) is 0 Å². The van der Waals surface area contributed by atoms with Crippen LogP contribution in [0, 0.1) is 0 Å². The number of aromatic nitrogens is 2. The first-order valence-corrected chi connectivity index (χ1v) is 6.36. The van der Waals surface area contributed by atoms with Gasteiger partial charge in [0, 0.05) is 17.9 Å². The average Bonchev–Trinajstić information content (AvgIpc) is 2.59. The van der Waals surface area contributed by atoms with Crippen LogP contribution in [0.2, 0.25) is 0 Å². The number of nitrogens with zero attached hydrogens (tertiary/aromatic N) is 1. The fourth-order valence-corrected chi connectivity index (χ4v) is 2.26. The Hall–Kier alpha value is -1.51. The average molecular weight is 246 g/mol. The molecule has 98 valence electrons. The van der Waals surface area contributed by atoms with Gasteiger partial charge >= 0.3 is 0 Å². The summed E-state index contributed by atoms with van der Waals surface area (Å²) in [5.41, 5.74) is 1.87. The summed E-state index contributed by atoms with van der Waals surface area (Å²) in [4.78, 5) is 15.8. The van der Waals surface area contributed by atoms with Gasteiger partial charge in [-0.05, 0) is 37.8 Å². The monoisotopic (exact) mass is 246 g/mol. The van der Waals surface area contributed by atoms with Gasteiger partial charge in [0.2, 0.25) is 0 Å². The zero-order valence-corrected chi connectivity index (χ0v) is 12.1. The molecule has 0 spiro atoms. The Labute approximate surface area is 108 Å². The second-order valence-corrected chi connectivity index (χ2v) is 6.90. The first-order chi connectivity index (χ1) is 8.12. The van der Waals surface area contributed by atoms with Crippen LogP contribution < -0.4 is 5.56 Å². The Balaban J connectivity index is 2.85. The highest BCUT2D eigenvalue weighted by atomic mass is 16.1. The molecule has 2 heterocycles. The molecule has 0 atom stereocenters. The summed E-state index contributed by atoms with van der Waals surface area (Å²) in [5.74, 6) is 0. The van der Waals surface area contributed by atoms with Gasteiger partial charge in [-0.2, -0.15) is 0 Å². The molecule has 0 aliphatic rings. The molecular weight excluding hydrogens is 224 g/mol. The molecule has 18 heavy (non-hydrogen) atoms. The zero-order chi connectivity index (χ0) is 13.7. The van der Waals surface area contributed by atoms with E-state index in [2.05, 4.69) is 25.8 Å². The summed E-state index contributed by atoms with van der Waals surface area (Å²) in [6.45, 7) is 12.5. The van der Waals surface area contributed by atoms with Crippen molar-refractivity contribution in [2.75, 3.05) is 0 Å². The van der Waals surface area contributed by atoms with Gasteiger partial charge in [0.05, 0.1) is 10.9 Å². The van der Waals surface area contributed by atoms with Crippen LogP contribution in [0.4, 0.5) is 0 Å². The van der Waals surface area contributed by atoms with Gasteiger partial charge in [-0.3, -0.25) is 4.79 Å². The van der Waals surface area contributed by atoms with Crippen molar-refractivity contribution in [2.24, 2.45) is 0 Å². The van der Waals surface area contributed by atoms with Crippen molar-refractivity contribution in [3.05, 3.63) is 34.4 Å². The SMILES string of the molecule is CC(C)(C)c1c[nH]c2ccn(C(C)(C)C)c(=O)c12. The predicted octanol–water partition coefficient (Wildman–Crippen LogP) is 3.38. The maximum absolute atomic E-state index is 12.6. The Morgan fingerprint density at radius 3 is 2.22 bits per heavy atom. The van der Waals surface area contributed by atoms with E-state index in [4.69, 9.17) is 0 Å². The molecular formula is C15H22N2O. The molecule has 3 nitrogen and oxygen atoms in total. The summed E-state index contributed by atoms with van der Waals surface area (Å²) in [5, 5.41) is 0.819. The molecule has 0 saturated heterocycles. The van der Waals surface area contributed by atoms with E-state index >= 15 is 0 Å². The maximum atomic E-state index is 12.6. The van der Waals surface area contributed by atoms with Gasteiger partial charge < -0.3 is 9.55 Å². The fourth-order valence-electron chi connectivity index (χ4n) is 2.26. The lowest BCUT2D eigenvalue weighted by molar-refractivity contribution is 0.386. The second kappa shape index (κ2) is 3.74. The van der Waals surface area contributed by atoms with Crippen LogP contribution in [0.5, 0.6) is 0 Å². The topological polar surface area (TPSA) is 37.8 Å². The summed E-state index contributed by atoms with van der Waals surface area (Å²) in [6, 6.07) is 1.98. The molecule has 2 rings (SSSR count). The Kier molecular flexibility index (Phi) is 2.69. The molecule has 3 heteroatoms. The summed E-state index contributed by atoms with van der Waals surface area (Å²) in [6.07, 6.45) is 3.83. The Morgan fingerprint density at radius 2 is 1.72 bits per heavy atom. The van der Waals surface area contributed by atoms with Crippen LogP contribution in [0.1, 0.15) is 47.1 Å². The smallest absolute Gasteiger partial charge is 0.260 e. The third-order valence-electron chi connectivity index (χ3n) is 3.26. The number of pyridine rings is 1. The van der Waals surface area contributed by atoms with E-state index in [0.29, 0.717) is 0 Å². The minimum atomic E-state index is -0.197. The first-order valence-electron chi connectivity index (χ1n) is 6.36. The Morgan fingerprint density at radius 1 is 1.11 bits per heavy atom. The number of rotatable bonds is 0. The molecule has 1 N–H and O–H groups in total. The van der Waals surface area contributed by atoms with Crippen molar-refractivity contribution in [2.45, 2.75) is 52.5 Å². The third kappa shape index (κ3) is 1.98. The lowest BCUT2D eigenvalue weighted by Gasteiger charge is -2.23. The Bertz CT molecular complexity index is 633. The summed E-state index contributed by atoms with van der Waals surface area (Å²) in [7, 11) is 0. The van der Waals surface area contributed by atoms with E-state index in [1.807, 2.05) is 39.2 Å². The zero-order valence-electron chi connectivity index (χ0n) is 12.1. The van der Waals surface area contributed by atoms with Crippen molar-refractivity contribution in [1.82, 2.24) is 9.55 Å². The molecule has 0 aromatic carbocycles. The number of fused-ring (bicyclic) bond motifs is 1. The number of hydrogen-bond acceptors (Lipinski definition) is 1. The van der Waals surface area contributed by atoms with Crippen LogP contribution in [0.15, 0.2) is 23.3 Å². The lowest BCUT2D eigenvalue weighted by atomic mass is 9.87. The van der Waals surface area contributed by atoms with Gasteiger partial charge in [-0.15, -0.1) is 0 Å². The van der Waals surface area contributed by atoms with E-state index in [1.54, 1.807) is 4.57 Å². The molecule has 0 bridgehead atoms. The number of hydrogen-bond donors (Lipinski definition) is 1. The lowest BCUT2D eigenvalue weighted by Crippen LogP contribution is -2.33. The van der Waals surface area contributed by atoms with Crippen LogP contribution in [0.3, 0.4) is 0 Å². The van der Waals surface area contributed by atoms with Crippen LogP contribution >= 0.6 is 0 Å². The van der Waals surface area contributed by atoms with Gasteiger partial charge in [0.15, 0.2) is 0 Å². The van der Waals surface area contributed by atoms with Crippen LogP contribution in [0.25, 0.3) is 10.9 Å². The molecule has 0 unspecified atom stereocenters. The van der Waals surface area contributed by atoms with E-state index in [0.717, 1.165) is 16.5 Å². The van der Waals surface area contributed by atoms with Crippen LogP contribution in [-0.2, 0) is 11.0 Å². The molecule has 0 saturated carbocycles. The molecule has 0 fully saturated rings. The summed E-state index contributed by atoms with van der Waals surface area (Å²) >= 11 is 0. The molecule has 2 aromatic rings. The molecule has 0 aliphatic carbocycles. The molecule has 0 amide bonds. The normalized spacial score (nSPS) is 13.2. The maximum Gasteiger partial charge on any atom is 0.260 e. The van der Waals surface area contributed by atoms with Gasteiger partial charge in [0.1, 0.15) is 0 Å². The molecule has 2 aromatic heterocycles. The highest BCUT2D eigenvalue weighted by Crippen LogP contribution is 2.28. The van der Waals surface area contributed by atoms with E-state index < -0.39 is 0 Å². The summed E-state index contributed by atoms with van der Waals surface area (Å²) < 4.78 is 1.80. The second-order valence-electron chi connectivity index (χ2n) is 6.90. The standard InChI is InChI=1S/C15H22N2O/c1-14(2,3)10-9-16-11-7-8-17(15(4,5)6)13(18)12(10)11/h7-9,16H,1-6H3. The van der Waals surface area contributed by atoms with Crippen molar-refractivity contribution in [3.63, 3.8) is 0 Å². The highest BCUT2D eigenvalue weighted by molar-refractivity contribution is 5.83. The van der Waals surface area contributed by atoms with Crippen molar-refractivity contribution < 1.29 is 0 Å². The number of aromatic amines is 1. The first kappa shape index (κ1) is 12.9. The predicted molar refractivity (Wildman–Crippen MR) is 76.3 cm³/mol. The van der Waals surface area contributed by atoms with Gasteiger partial charge in [0.25, 0.3) is 5.56 Å². The minimum absolute atomic E-state index is 0.0333. The number of nitrogens with one attached hydrogen (secondary N) is 1. The van der Waals surface area contributed by atoms with Crippen LogP contribution in [-0.4, -0.2) is 9.55 Å². The fraction of sp³-hybridized carbons (Fsp3) is 0.533. The van der Waals surface area contributed by atoms with Gasteiger partial charge in [-0.25, -0.2) is 0 Å². The van der Waals surface area contributed by atoms with Crippen molar-refractivity contribution >= 4 is 10.9 Å². The molecule has 0 aliphatic heterocycles. The number of H-pyrrole nitrogens is 1. The highest BCUT2D eigenvalue weighted by Gasteiger charge is 2.23. The quantitative estimate of drug-likeness (QED) is 0.760. The minimum Gasteiger partial charge on any atom is -0.361 e. The molecule has 0 radical (unpaired) electrons. The largest absolute Gasteiger partial charge is 0.361 e. The van der Waals surface area contributed by atoms with Crippen molar-refractivity contribution in [1.29, 1.82) is 0 Å². The van der Waals surface area contributed by atoms with Gasteiger partial charge in [-0.1, -0.05) is 20.8 Å². The van der Waals surface area contributed by atoms with Crippen molar-refractivity contribution in [3.8, 4) is 0 Å².